The highest BCUT2D eigenvalue weighted by Gasteiger charge is 2.54. The number of hydrogen-bond donors (Lipinski definition) is 0. The fourth-order valence-corrected chi connectivity index (χ4v) is 26.7. The van der Waals surface area contributed by atoms with Gasteiger partial charge in [0.15, 0.2) is 0 Å². The fourth-order valence-electron chi connectivity index (χ4n) is 26.1. The minimum absolute atomic E-state index is 0.0434. The van der Waals surface area contributed by atoms with Crippen LogP contribution in [-0.4, -0.2) is 8.75 Å². The summed E-state index contributed by atoms with van der Waals surface area (Å²) in [5.74, 6) is 5.70. The van der Waals surface area contributed by atoms with Crippen molar-refractivity contribution in [3.8, 4) is 77.9 Å². The van der Waals surface area contributed by atoms with Gasteiger partial charge < -0.3 is 0 Å². The van der Waals surface area contributed by atoms with E-state index in [1.807, 2.05) is 0 Å². The molecule has 0 bridgehead atoms. The van der Waals surface area contributed by atoms with Crippen molar-refractivity contribution < 1.29 is 0 Å². The second-order valence-corrected chi connectivity index (χ2v) is 44.2. The maximum absolute atomic E-state index is 4.70. The van der Waals surface area contributed by atoms with Gasteiger partial charge in [-0.25, -0.2) is 0 Å². The highest BCUT2D eigenvalue weighted by atomic mass is 32.1. The zero-order valence-electron chi connectivity index (χ0n) is 84.7. The predicted octanol–water partition coefficient (Wildman–Crippen LogP) is 38.4. The average Bonchev–Trinajstić information content (AvgIpc) is 1.51. The Balaban J connectivity index is 0.814. The Labute approximate surface area is 798 Å². The molecule has 11 aromatic rings. The van der Waals surface area contributed by atoms with Gasteiger partial charge >= 0.3 is 0 Å². The van der Waals surface area contributed by atoms with Gasteiger partial charge in [0.1, 0.15) is 11.0 Å². The molecule has 3 heteroatoms. The first-order chi connectivity index (χ1) is 63.4. The standard InChI is InChI=1S/C128H160N2S/c1-22-35-40-91(33-12)81-128(82-92(34-13)41-36-23-2)113-64-95(49-48-93-44-46-94(47-45-93)50-52-97-54-53-96(39-24-3)122-123(97)130-131-129-122)51-59-103(113)104-60-55-100(67-116(104)128)98-56-61-105-106-62-57-99(66-115(106)125(114(105)65-98,75-85(16)27-6)76-86(17)28-7)101-58-63-107-109-70-121-111(72-119(109)126(117(107)68-101,77-87(18)29-8)78-88(19)30-9)110-71-118-108(69-120(110)127(121,79-89(20)31-10)80-90(21)32-11)102-42-37-38-43-112(102)124(118,73-83(14)25-4)74-84(15)26-5/h24,37-39,42-72,83-92H,22-23,25-36,40-41,73-82H2,1-21H3/b39-24+,49-48+,52-50+. The maximum Gasteiger partial charge on any atom is 0.112 e. The number of hydrogen-bond acceptors (Lipinski definition) is 3. The molecule has 16 rings (SSSR count). The Bertz CT molecular complexity index is 5890. The van der Waals surface area contributed by atoms with Crippen LogP contribution in [-0.2, 0) is 27.1 Å². The van der Waals surface area contributed by atoms with Crippen LogP contribution in [0, 0.1) is 59.2 Å². The quantitative estimate of drug-likeness (QED) is 0.0356. The van der Waals surface area contributed by atoms with E-state index >= 15 is 0 Å². The third-order valence-electron chi connectivity index (χ3n) is 34.8. The van der Waals surface area contributed by atoms with E-state index in [1.54, 1.807) is 66.8 Å². The van der Waals surface area contributed by atoms with E-state index in [0.29, 0.717) is 59.2 Å². The lowest BCUT2D eigenvalue weighted by Gasteiger charge is -2.39. The predicted molar refractivity (Wildman–Crippen MR) is 573 cm³/mol. The number of unbranched alkanes of at least 4 members (excludes halogenated alkanes) is 2. The van der Waals surface area contributed by atoms with Gasteiger partial charge in [-0.3, -0.25) is 0 Å². The molecule has 10 atom stereocenters. The van der Waals surface area contributed by atoms with E-state index < -0.39 is 0 Å². The molecule has 0 saturated heterocycles. The molecule has 1 aromatic heterocycles. The van der Waals surface area contributed by atoms with Crippen molar-refractivity contribution in [2.75, 3.05) is 0 Å². The topological polar surface area (TPSA) is 25.8 Å². The smallest absolute Gasteiger partial charge is 0.112 e. The summed E-state index contributed by atoms with van der Waals surface area (Å²) in [6.07, 6.45) is 44.2. The number of aromatic nitrogens is 2. The first-order valence-electron chi connectivity index (χ1n) is 53.0. The van der Waals surface area contributed by atoms with Crippen LogP contribution in [0.4, 0.5) is 0 Å². The van der Waals surface area contributed by atoms with Gasteiger partial charge in [0.25, 0.3) is 0 Å². The molecule has 688 valence electrons. The van der Waals surface area contributed by atoms with Crippen LogP contribution in [0.25, 0.3) is 119 Å². The molecule has 0 amide bonds. The second kappa shape index (κ2) is 40.4. The van der Waals surface area contributed by atoms with Crippen molar-refractivity contribution in [1.82, 2.24) is 8.75 Å². The number of nitrogens with zero attached hydrogens (tertiary/aromatic N) is 2. The Morgan fingerprint density at radius 3 is 0.855 bits per heavy atom. The van der Waals surface area contributed by atoms with Crippen molar-refractivity contribution >= 4 is 53.1 Å². The minimum Gasteiger partial charge on any atom is -0.172 e. The van der Waals surface area contributed by atoms with Gasteiger partial charge in [0, 0.05) is 38.2 Å². The molecular formula is C128H160N2S. The lowest BCUT2D eigenvalue weighted by Crippen LogP contribution is -2.32. The normalized spacial score (nSPS) is 21.3. The molecule has 10 unspecified atom stereocenters. The van der Waals surface area contributed by atoms with Gasteiger partial charge in [-0.15, -0.1) is 0 Å². The minimum atomic E-state index is -0.182. The van der Waals surface area contributed by atoms with Gasteiger partial charge in [-0.2, -0.15) is 8.75 Å². The summed E-state index contributed by atoms with van der Waals surface area (Å²) in [6.45, 7) is 52.0. The van der Waals surface area contributed by atoms with Crippen LogP contribution in [0.5, 0.6) is 0 Å². The largest absolute Gasteiger partial charge is 0.172 e. The SMILES string of the molecule is C/C=C/c1ccc(/C=C/c2ccc(/C=C/c3ccc4c(c3)C(CC(CC)CCCC)(CC(CC)CCCC)c3cc(-c5ccc6c(c5)C(CC(C)CC)(CC(C)CC)c5cc(-c7ccc8c(c7)C(CC(C)CC)(CC(C)CC)c7cc9c(cc7-8)C(CC(C)CC)(CC(C)CC)c7cc8c(cc7-9)C(CC(C)CC)(CC(C)CC)c7ccccc7-8)ccc5-6)ccc3-4)cc2)c2nsnc12. The third-order valence-corrected chi connectivity index (χ3v) is 35.4. The molecule has 0 saturated carbocycles. The van der Waals surface area contributed by atoms with E-state index in [9.17, 15) is 0 Å². The molecule has 0 spiro atoms. The van der Waals surface area contributed by atoms with E-state index in [4.69, 9.17) is 4.37 Å². The van der Waals surface area contributed by atoms with Crippen molar-refractivity contribution in [3.05, 3.63) is 265 Å². The van der Waals surface area contributed by atoms with Crippen molar-refractivity contribution in [2.45, 2.75) is 339 Å². The highest BCUT2D eigenvalue weighted by Crippen LogP contribution is 2.67. The first kappa shape index (κ1) is 95.4. The molecule has 10 aromatic carbocycles. The number of benzene rings is 10. The van der Waals surface area contributed by atoms with Gasteiger partial charge in [-0.05, 0) is 329 Å². The van der Waals surface area contributed by atoms with Crippen LogP contribution in [0.3, 0.4) is 0 Å². The molecule has 1 heterocycles. The summed E-state index contributed by atoms with van der Waals surface area (Å²) < 4.78 is 9.35. The Morgan fingerprint density at radius 1 is 0.252 bits per heavy atom. The zero-order chi connectivity index (χ0) is 92.4. The molecule has 0 radical (unpaired) electrons. The summed E-state index contributed by atoms with van der Waals surface area (Å²) in [4.78, 5) is 0. The van der Waals surface area contributed by atoms with Crippen molar-refractivity contribution in [1.29, 1.82) is 0 Å². The summed E-state index contributed by atoms with van der Waals surface area (Å²) in [5, 5.41) is 0. The van der Waals surface area contributed by atoms with E-state index in [-0.39, 0.29) is 27.1 Å². The van der Waals surface area contributed by atoms with Gasteiger partial charge in [0.05, 0.1) is 11.7 Å². The highest BCUT2D eigenvalue weighted by molar-refractivity contribution is 7.00. The summed E-state index contributed by atoms with van der Waals surface area (Å²) in [5.41, 5.74) is 43.5. The monoisotopic (exact) mass is 1760 g/mol. The van der Waals surface area contributed by atoms with E-state index in [2.05, 4.69) is 362 Å². The maximum atomic E-state index is 4.70. The molecule has 0 aliphatic heterocycles. The van der Waals surface area contributed by atoms with Gasteiger partial charge in [0.2, 0.25) is 0 Å². The number of rotatable bonds is 43. The van der Waals surface area contributed by atoms with Crippen LogP contribution in [0.2, 0.25) is 0 Å². The third kappa shape index (κ3) is 17.8. The van der Waals surface area contributed by atoms with Crippen molar-refractivity contribution in [2.24, 2.45) is 59.2 Å². The van der Waals surface area contributed by atoms with Crippen LogP contribution < -0.4 is 0 Å². The van der Waals surface area contributed by atoms with Gasteiger partial charge in [-0.1, -0.05) is 405 Å². The summed E-state index contributed by atoms with van der Waals surface area (Å²) >= 11 is 1.28. The fraction of sp³-hybridized carbons (Fsp3) is 0.484. The molecule has 2 nitrogen and oxygen atoms in total. The average molecular weight is 1760 g/mol. The van der Waals surface area contributed by atoms with Crippen LogP contribution in [0.1, 0.15) is 396 Å². The Morgan fingerprint density at radius 2 is 0.519 bits per heavy atom. The zero-order valence-corrected chi connectivity index (χ0v) is 85.5. The lowest BCUT2D eigenvalue weighted by atomic mass is 9.64. The van der Waals surface area contributed by atoms with E-state index in [1.165, 1.54) is 205 Å². The van der Waals surface area contributed by atoms with Crippen LogP contribution in [0.15, 0.2) is 182 Å². The lowest BCUT2D eigenvalue weighted by molar-refractivity contribution is 0.266. The van der Waals surface area contributed by atoms with Crippen molar-refractivity contribution in [3.63, 3.8) is 0 Å². The summed E-state index contributed by atoms with van der Waals surface area (Å²) in [6, 6.07) is 74.0. The Kier molecular flexibility index (Phi) is 29.4. The first-order valence-corrected chi connectivity index (χ1v) is 53.7. The number of allylic oxidation sites excluding steroid dienone is 1. The van der Waals surface area contributed by atoms with Crippen LogP contribution >= 0.6 is 11.7 Å². The summed E-state index contributed by atoms with van der Waals surface area (Å²) in [7, 11) is 0. The molecule has 5 aliphatic carbocycles. The molecule has 131 heavy (non-hydrogen) atoms. The Hall–Kier alpha value is -8.76. The second-order valence-electron chi connectivity index (χ2n) is 43.7. The number of fused-ring (bicyclic) bond motifs is 16. The molecular weight excluding hydrogens is 1600 g/mol. The molecule has 0 fully saturated rings. The van der Waals surface area contributed by atoms with E-state index in [0.717, 1.165) is 79.1 Å². The molecule has 0 N–H and O–H groups in total. The molecule has 5 aliphatic rings.